The van der Waals surface area contributed by atoms with Crippen molar-refractivity contribution >= 4 is 11.6 Å². The molecule has 0 saturated carbocycles. The molecule has 0 radical (unpaired) electrons. The van der Waals surface area contributed by atoms with Gasteiger partial charge in [-0.1, -0.05) is 48.5 Å². The lowest BCUT2D eigenvalue weighted by atomic mass is 10.2. The molecule has 1 aliphatic heterocycles. The van der Waals surface area contributed by atoms with Gasteiger partial charge in [-0.3, -0.25) is 15.2 Å². The Hall–Kier alpha value is -2.37. The third kappa shape index (κ3) is 5.31. The van der Waals surface area contributed by atoms with Gasteiger partial charge in [-0.05, 0) is 17.7 Å². The van der Waals surface area contributed by atoms with Crippen LogP contribution in [0, 0.1) is 0 Å². The van der Waals surface area contributed by atoms with Crippen molar-refractivity contribution < 1.29 is 14.6 Å². The van der Waals surface area contributed by atoms with Crippen LogP contribution in [0.25, 0.3) is 0 Å². The molecule has 0 atom stereocenters. The topological polar surface area (TPSA) is 41.2 Å². The van der Waals surface area contributed by atoms with Crippen molar-refractivity contribution in [3.05, 3.63) is 66.2 Å². The summed E-state index contributed by atoms with van der Waals surface area (Å²) in [4.78, 5) is 15.5. The van der Waals surface area contributed by atoms with E-state index in [0.717, 1.165) is 31.9 Å². The van der Waals surface area contributed by atoms with Crippen molar-refractivity contribution in [3.8, 4) is 0 Å². The van der Waals surface area contributed by atoms with Gasteiger partial charge in [-0.2, -0.15) is 0 Å². The largest absolute Gasteiger partial charge is 0.328 e. The summed E-state index contributed by atoms with van der Waals surface area (Å²) in [5.41, 5.74) is 5.27. The zero-order valence-electron chi connectivity index (χ0n) is 14.9. The molecule has 2 aromatic rings. The van der Waals surface area contributed by atoms with E-state index in [4.69, 9.17) is 0 Å². The molecule has 0 unspecified atom stereocenters. The number of hydrazine groups is 1. The minimum Gasteiger partial charge on any atom is -0.328 e. The highest BCUT2D eigenvalue weighted by Crippen LogP contribution is 2.14. The fraction of sp³-hybridized carbons (Fsp3) is 0.350. The fourth-order valence-corrected chi connectivity index (χ4v) is 3.19. The lowest BCUT2D eigenvalue weighted by molar-refractivity contribution is -1.000. The smallest absolute Gasteiger partial charge is 0.293 e. The fourth-order valence-electron chi connectivity index (χ4n) is 3.19. The second kappa shape index (κ2) is 8.65. The number of amides is 1. The molecule has 0 spiro atoms. The van der Waals surface area contributed by atoms with E-state index in [-0.39, 0.29) is 5.91 Å². The van der Waals surface area contributed by atoms with E-state index in [1.54, 1.807) is 4.90 Å². The van der Waals surface area contributed by atoms with E-state index < -0.39 is 0 Å². The minimum atomic E-state index is 0.0781. The van der Waals surface area contributed by atoms with Gasteiger partial charge in [-0.15, -0.1) is 0 Å². The van der Waals surface area contributed by atoms with E-state index in [1.165, 1.54) is 10.5 Å². The summed E-state index contributed by atoms with van der Waals surface area (Å²) in [6.07, 6.45) is 0. The number of nitrogens with zero attached hydrogens (tertiary/aromatic N) is 1. The first kappa shape index (κ1) is 17.5. The van der Waals surface area contributed by atoms with Crippen LogP contribution < -0.4 is 20.2 Å². The van der Waals surface area contributed by atoms with Crippen LogP contribution in [0.15, 0.2) is 60.7 Å². The highest BCUT2D eigenvalue weighted by molar-refractivity contribution is 5.78. The molecule has 1 heterocycles. The molecule has 5 heteroatoms. The van der Waals surface area contributed by atoms with E-state index in [9.17, 15) is 4.79 Å². The van der Waals surface area contributed by atoms with Crippen molar-refractivity contribution in [1.82, 2.24) is 5.43 Å². The molecule has 3 rings (SSSR count). The molecular weight excluding hydrogens is 312 g/mol. The van der Waals surface area contributed by atoms with Gasteiger partial charge in [0.2, 0.25) is 0 Å². The number of carbonyl (C=O) groups excluding carboxylic acids is 1. The maximum Gasteiger partial charge on any atom is 0.293 e. The van der Waals surface area contributed by atoms with Gasteiger partial charge < -0.3 is 9.80 Å². The molecule has 2 aromatic carbocycles. The Morgan fingerprint density at radius 3 is 2.20 bits per heavy atom. The summed E-state index contributed by atoms with van der Waals surface area (Å²) in [6.45, 7) is 5.57. The van der Waals surface area contributed by atoms with Crippen molar-refractivity contribution in [1.29, 1.82) is 0 Å². The molecule has 0 aromatic heterocycles. The van der Waals surface area contributed by atoms with Crippen molar-refractivity contribution in [3.63, 3.8) is 0 Å². The SMILES string of the molecule is C[NH+]1CC[NH+](CC(=O)NN(Cc2ccccc2)c2ccccc2)CC1. The van der Waals surface area contributed by atoms with Crippen LogP contribution in [-0.2, 0) is 11.3 Å². The third-order valence-electron chi connectivity index (χ3n) is 4.73. The van der Waals surface area contributed by atoms with Gasteiger partial charge in [0, 0.05) is 0 Å². The van der Waals surface area contributed by atoms with E-state index in [1.807, 2.05) is 53.5 Å². The van der Waals surface area contributed by atoms with Crippen LogP contribution in [0.3, 0.4) is 0 Å². The first-order valence-electron chi connectivity index (χ1n) is 9.01. The third-order valence-corrected chi connectivity index (χ3v) is 4.73. The summed E-state index contributed by atoms with van der Waals surface area (Å²) in [7, 11) is 2.22. The summed E-state index contributed by atoms with van der Waals surface area (Å²) in [5.74, 6) is 0.0781. The van der Waals surface area contributed by atoms with Gasteiger partial charge in [0.05, 0.1) is 19.3 Å². The number of anilines is 1. The van der Waals surface area contributed by atoms with Crippen LogP contribution in [0.1, 0.15) is 5.56 Å². The van der Waals surface area contributed by atoms with Crippen molar-refractivity contribution in [2.75, 3.05) is 44.8 Å². The Labute approximate surface area is 149 Å². The second-order valence-corrected chi connectivity index (χ2v) is 6.83. The van der Waals surface area contributed by atoms with Gasteiger partial charge in [-0.25, -0.2) is 0 Å². The molecule has 132 valence electrons. The van der Waals surface area contributed by atoms with Crippen LogP contribution in [0.5, 0.6) is 0 Å². The average Bonchev–Trinajstić information content (AvgIpc) is 2.65. The number of carbonyl (C=O) groups is 1. The zero-order valence-corrected chi connectivity index (χ0v) is 14.9. The number of benzene rings is 2. The number of likely N-dealkylation sites (N-methyl/N-ethyl adjacent to an activating group) is 1. The second-order valence-electron chi connectivity index (χ2n) is 6.83. The lowest BCUT2D eigenvalue weighted by Gasteiger charge is -2.29. The predicted molar refractivity (Wildman–Crippen MR) is 99.4 cm³/mol. The Morgan fingerprint density at radius 2 is 1.56 bits per heavy atom. The number of hydrogen-bond acceptors (Lipinski definition) is 2. The van der Waals surface area contributed by atoms with Gasteiger partial charge in [0.15, 0.2) is 6.54 Å². The molecule has 1 aliphatic rings. The van der Waals surface area contributed by atoms with Crippen LogP contribution in [0.4, 0.5) is 5.69 Å². The molecular formula is C20H28N4O+2. The lowest BCUT2D eigenvalue weighted by Crippen LogP contribution is -3.27. The van der Waals surface area contributed by atoms with Gasteiger partial charge in [0.1, 0.15) is 26.2 Å². The normalized spacial score (nSPS) is 20.0. The van der Waals surface area contributed by atoms with Crippen LogP contribution in [-0.4, -0.2) is 45.7 Å². The van der Waals surface area contributed by atoms with E-state index >= 15 is 0 Å². The quantitative estimate of drug-likeness (QED) is 0.599. The molecule has 1 saturated heterocycles. The van der Waals surface area contributed by atoms with Crippen LogP contribution in [0.2, 0.25) is 0 Å². The highest BCUT2D eigenvalue weighted by atomic mass is 16.2. The molecule has 0 bridgehead atoms. The maximum atomic E-state index is 12.6. The molecule has 1 fully saturated rings. The minimum absolute atomic E-state index is 0.0781. The van der Waals surface area contributed by atoms with Gasteiger partial charge in [0.25, 0.3) is 5.91 Å². The van der Waals surface area contributed by atoms with E-state index in [0.29, 0.717) is 13.1 Å². The number of para-hydroxylation sites is 1. The van der Waals surface area contributed by atoms with Crippen molar-refractivity contribution in [2.45, 2.75) is 6.54 Å². The Morgan fingerprint density at radius 1 is 0.960 bits per heavy atom. The number of hydrogen-bond donors (Lipinski definition) is 3. The number of piperazine rings is 1. The summed E-state index contributed by atoms with van der Waals surface area (Å²) in [5, 5.41) is 1.94. The summed E-state index contributed by atoms with van der Waals surface area (Å²) in [6, 6.07) is 20.2. The van der Waals surface area contributed by atoms with Gasteiger partial charge >= 0.3 is 0 Å². The van der Waals surface area contributed by atoms with E-state index in [2.05, 4.69) is 24.6 Å². The Balaban J connectivity index is 1.64. The Bertz CT molecular complexity index is 654. The number of rotatable bonds is 6. The molecule has 5 nitrogen and oxygen atoms in total. The van der Waals surface area contributed by atoms with Crippen LogP contribution >= 0.6 is 0 Å². The van der Waals surface area contributed by atoms with Crippen molar-refractivity contribution in [2.24, 2.45) is 0 Å². The highest BCUT2D eigenvalue weighted by Gasteiger charge is 2.23. The first-order valence-corrected chi connectivity index (χ1v) is 9.01. The predicted octanol–water partition coefficient (Wildman–Crippen LogP) is -0.862. The summed E-state index contributed by atoms with van der Waals surface area (Å²) >= 11 is 0. The monoisotopic (exact) mass is 340 g/mol. The molecule has 1 amide bonds. The molecule has 0 aliphatic carbocycles. The maximum absolute atomic E-state index is 12.6. The molecule has 25 heavy (non-hydrogen) atoms. The average molecular weight is 340 g/mol. The summed E-state index contributed by atoms with van der Waals surface area (Å²) < 4.78 is 0. The number of nitrogens with one attached hydrogen (secondary N) is 3. The molecule has 3 N–H and O–H groups in total. The number of quaternary nitrogens is 2. The standard InChI is InChI=1S/C20H26N4O/c1-22-12-14-23(15-13-22)17-20(25)21-24(19-10-6-3-7-11-19)16-18-8-4-2-5-9-18/h2-11H,12-17H2,1H3,(H,21,25)/p+2. The first-order chi connectivity index (χ1) is 12.2. The Kier molecular flexibility index (Phi) is 6.04. The zero-order chi connectivity index (χ0) is 17.5.